The number of ether oxygens (including phenoxy) is 1. The van der Waals surface area contributed by atoms with Crippen molar-refractivity contribution in [3.05, 3.63) is 11.8 Å². The Kier molecular flexibility index (Phi) is 5.70. The van der Waals surface area contributed by atoms with Crippen LogP contribution in [0.2, 0.25) is 0 Å². The molecule has 0 amide bonds. The molecule has 1 unspecified atom stereocenters. The highest BCUT2D eigenvalue weighted by Gasteiger charge is 2.45. The zero-order chi connectivity index (χ0) is 13.6. The molecule has 0 saturated heterocycles. The smallest absolute Gasteiger partial charge is 0.398 e. The lowest BCUT2D eigenvalue weighted by Crippen LogP contribution is -2.33. The second-order valence-corrected chi connectivity index (χ2v) is 3.16. The van der Waals surface area contributed by atoms with Gasteiger partial charge in [0.25, 0.3) is 0 Å². The van der Waals surface area contributed by atoms with Crippen molar-refractivity contribution < 1.29 is 32.6 Å². The molecule has 0 aliphatic rings. The molecule has 0 aromatic rings. The van der Waals surface area contributed by atoms with Crippen molar-refractivity contribution in [1.82, 2.24) is 0 Å². The summed E-state index contributed by atoms with van der Waals surface area (Å²) in [6.45, 7) is 2.74. The van der Waals surface area contributed by atoms with Gasteiger partial charge < -0.3 is 9.84 Å². The number of carbonyl (C=O) groups excluding carboxylic acids is 1. The maximum absolute atomic E-state index is 12.4. The normalized spacial score (nSPS) is 14.3. The monoisotopic (exact) mass is 254 g/mol. The minimum atomic E-state index is -4.76. The van der Waals surface area contributed by atoms with Crippen LogP contribution in [-0.4, -0.2) is 29.6 Å². The summed E-state index contributed by atoms with van der Waals surface area (Å²) in [6.07, 6.45) is -4.72. The number of carboxylic acids is 1. The van der Waals surface area contributed by atoms with Gasteiger partial charge in [0.1, 0.15) is 17.8 Å². The molecule has 0 bridgehead atoms. The van der Waals surface area contributed by atoms with Gasteiger partial charge in [-0.3, -0.25) is 4.79 Å². The molecule has 4 nitrogen and oxygen atoms in total. The molecule has 0 radical (unpaired) electrons. The number of hydrogen-bond acceptors (Lipinski definition) is 3. The molecule has 0 fully saturated rings. The van der Waals surface area contributed by atoms with Gasteiger partial charge in [-0.2, -0.15) is 13.2 Å². The third-order valence-electron chi connectivity index (χ3n) is 1.98. The molecule has 7 heteroatoms. The Balaban J connectivity index is 5.14. The van der Waals surface area contributed by atoms with E-state index in [1.54, 1.807) is 0 Å². The number of carbonyl (C=O) groups is 2. The lowest BCUT2D eigenvalue weighted by atomic mass is 9.95. The number of carboxylic acid groups (broad SMARTS) is 1. The summed E-state index contributed by atoms with van der Waals surface area (Å²) in [5.41, 5.74) is -0.990. The van der Waals surface area contributed by atoms with Crippen molar-refractivity contribution in [2.24, 2.45) is 5.92 Å². The second kappa shape index (κ2) is 6.27. The number of halogens is 3. The van der Waals surface area contributed by atoms with E-state index in [0.29, 0.717) is 6.26 Å². The maximum atomic E-state index is 12.4. The van der Waals surface area contributed by atoms with E-state index in [4.69, 9.17) is 5.11 Å². The molecule has 17 heavy (non-hydrogen) atoms. The summed E-state index contributed by atoms with van der Waals surface area (Å²) < 4.78 is 41.9. The molecular formula is C10H13F3O4. The van der Waals surface area contributed by atoms with Gasteiger partial charge in [-0.25, -0.2) is 4.79 Å². The summed E-state index contributed by atoms with van der Waals surface area (Å²) in [5, 5.41) is 8.64. The highest BCUT2D eigenvalue weighted by Crippen LogP contribution is 2.31. The van der Waals surface area contributed by atoms with E-state index in [1.807, 2.05) is 0 Å². The number of Topliss-reactive ketones (excluding diaryl/α,β-unsaturated/α-hetero) is 1. The van der Waals surface area contributed by atoms with Crippen molar-refractivity contribution >= 4 is 11.8 Å². The highest BCUT2D eigenvalue weighted by molar-refractivity contribution is 6.17. The summed E-state index contributed by atoms with van der Waals surface area (Å²) >= 11 is 0. The number of hydrogen-bond donors (Lipinski definition) is 1. The van der Waals surface area contributed by atoms with E-state index in [0.717, 1.165) is 6.92 Å². The maximum Gasteiger partial charge on any atom is 0.398 e. The van der Waals surface area contributed by atoms with Crippen molar-refractivity contribution in [1.29, 1.82) is 0 Å². The molecule has 0 spiro atoms. The molecule has 0 aliphatic heterocycles. The molecular weight excluding hydrogens is 241 g/mol. The number of ketones is 1. The topological polar surface area (TPSA) is 63.6 Å². The largest absolute Gasteiger partial charge is 0.500 e. The third-order valence-corrected chi connectivity index (χ3v) is 1.98. The summed E-state index contributed by atoms with van der Waals surface area (Å²) in [6, 6.07) is 0. The van der Waals surface area contributed by atoms with Gasteiger partial charge in [0, 0.05) is 0 Å². The van der Waals surface area contributed by atoms with E-state index in [9.17, 15) is 22.8 Å². The first-order chi connectivity index (χ1) is 7.75. The quantitative estimate of drug-likeness (QED) is 0.341. The second-order valence-electron chi connectivity index (χ2n) is 3.16. The van der Waals surface area contributed by atoms with Crippen molar-refractivity contribution in [2.75, 3.05) is 6.61 Å². The van der Waals surface area contributed by atoms with Crippen LogP contribution in [0.1, 0.15) is 20.3 Å². The number of aliphatic carboxylic acids is 1. The molecule has 0 heterocycles. The third kappa shape index (κ3) is 4.46. The molecule has 0 aliphatic carbocycles. The van der Waals surface area contributed by atoms with Crippen LogP contribution in [0.15, 0.2) is 11.8 Å². The van der Waals surface area contributed by atoms with Crippen LogP contribution in [-0.2, 0) is 14.3 Å². The van der Waals surface area contributed by atoms with Crippen LogP contribution in [0, 0.1) is 5.92 Å². The molecule has 1 N–H and O–H groups in total. The first-order valence-corrected chi connectivity index (χ1v) is 4.91. The van der Waals surface area contributed by atoms with Crippen LogP contribution in [0.5, 0.6) is 0 Å². The minimum absolute atomic E-state index is 0.0624. The predicted octanol–water partition coefficient (Wildman–Crippen LogP) is 2.15. The molecule has 1 atom stereocenters. The Morgan fingerprint density at radius 1 is 1.35 bits per heavy atom. The van der Waals surface area contributed by atoms with E-state index in [2.05, 4.69) is 4.74 Å². The zero-order valence-corrected chi connectivity index (χ0v) is 9.37. The van der Waals surface area contributed by atoms with Crippen molar-refractivity contribution in [2.45, 2.75) is 26.4 Å². The van der Waals surface area contributed by atoms with E-state index in [-0.39, 0.29) is 6.61 Å². The van der Waals surface area contributed by atoms with Crippen LogP contribution >= 0.6 is 0 Å². The van der Waals surface area contributed by atoms with Crippen LogP contribution < -0.4 is 0 Å². The van der Waals surface area contributed by atoms with Gasteiger partial charge in [-0.1, -0.05) is 6.92 Å². The lowest BCUT2D eigenvalue weighted by Gasteiger charge is -2.17. The fourth-order valence-electron chi connectivity index (χ4n) is 1.13. The molecule has 0 saturated carbocycles. The fraction of sp³-hybridized carbons (Fsp3) is 0.600. The van der Waals surface area contributed by atoms with Crippen LogP contribution in [0.4, 0.5) is 13.2 Å². The van der Waals surface area contributed by atoms with E-state index in [1.165, 1.54) is 6.92 Å². The average molecular weight is 254 g/mol. The molecule has 0 rings (SSSR count). The predicted molar refractivity (Wildman–Crippen MR) is 52.2 cm³/mol. The van der Waals surface area contributed by atoms with Crippen LogP contribution in [0.3, 0.4) is 0 Å². The fourth-order valence-corrected chi connectivity index (χ4v) is 1.13. The lowest BCUT2D eigenvalue weighted by molar-refractivity contribution is -0.180. The standard InChI is InChI=1S/C10H13F3O4/c1-3-7(10(11,12)13)8(14)6(9(15)16)5-17-4-2/h5,7H,3-4H2,1-2H3,(H,15,16). The summed E-state index contributed by atoms with van der Waals surface area (Å²) in [5.74, 6) is -5.53. The zero-order valence-electron chi connectivity index (χ0n) is 9.37. The highest BCUT2D eigenvalue weighted by atomic mass is 19.4. The summed E-state index contributed by atoms with van der Waals surface area (Å²) in [4.78, 5) is 22.1. The van der Waals surface area contributed by atoms with Crippen LogP contribution in [0.25, 0.3) is 0 Å². The van der Waals surface area contributed by atoms with Crippen molar-refractivity contribution in [3.8, 4) is 0 Å². The Bertz CT molecular complexity index is 320. The Labute approximate surface area is 96.1 Å². The van der Waals surface area contributed by atoms with Gasteiger partial charge >= 0.3 is 12.1 Å². The number of alkyl halides is 3. The molecule has 0 aromatic carbocycles. The Morgan fingerprint density at radius 3 is 2.18 bits per heavy atom. The van der Waals surface area contributed by atoms with Crippen molar-refractivity contribution in [3.63, 3.8) is 0 Å². The Hall–Kier alpha value is -1.53. The van der Waals surface area contributed by atoms with E-state index < -0.39 is 35.8 Å². The van der Waals surface area contributed by atoms with Gasteiger partial charge in [-0.15, -0.1) is 0 Å². The average Bonchev–Trinajstić information content (AvgIpc) is 2.16. The first-order valence-electron chi connectivity index (χ1n) is 4.91. The van der Waals surface area contributed by atoms with Gasteiger partial charge in [0.05, 0.1) is 6.61 Å². The first kappa shape index (κ1) is 15.5. The van der Waals surface area contributed by atoms with Gasteiger partial charge in [-0.05, 0) is 13.3 Å². The SMILES string of the molecule is CCOC=C(C(=O)O)C(=O)C(CC)C(F)(F)F. The minimum Gasteiger partial charge on any atom is -0.500 e. The van der Waals surface area contributed by atoms with E-state index >= 15 is 0 Å². The van der Waals surface area contributed by atoms with Gasteiger partial charge in [0.15, 0.2) is 5.78 Å². The Morgan fingerprint density at radius 2 is 1.88 bits per heavy atom. The number of rotatable bonds is 6. The molecule has 0 aromatic heterocycles. The molecule has 98 valence electrons. The summed E-state index contributed by atoms with van der Waals surface area (Å²) in [7, 11) is 0. The van der Waals surface area contributed by atoms with Gasteiger partial charge in [0.2, 0.25) is 0 Å².